The van der Waals surface area contributed by atoms with Gasteiger partial charge in [0.2, 0.25) is 0 Å². The number of rotatable bonds is 1. The highest BCUT2D eigenvalue weighted by atomic mass is 19.1. The molecule has 0 aromatic heterocycles. The molecule has 1 rings (SSSR count). The highest BCUT2D eigenvalue weighted by Gasteiger charge is 1.95. The quantitative estimate of drug-likeness (QED) is 0.559. The molecular formula is C9H11F. The lowest BCUT2D eigenvalue weighted by molar-refractivity contribution is 0.625. The van der Waals surface area contributed by atoms with Crippen LogP contribution in [0.15, 0.2) is 18.2 Å². The normalized spacial score (nSPS) is 9.90. The molecule has 0 saturated heterocycles. The van der Waals surface area contributed by atoms with Crippen LogP contribution in [0.2, 0.25) is 0 Å². The molecule has 0 aliphatic rings. The predicted molar refractivity (Wildman–Crippen MR) is 40.5 cm³/mol. The van der Waals surface area contributed by atoms with Crippen LogP contribution < -0.4 is 0 Å². The number of benzene rings is 1. The minimum Gasteiger partial charge on any atom is -0.207 e. The third kappa shape index (κ3) is 1.35. The molecule has 0 N–H and O–H groups in total. The van der Waals surface area contributed by atoms with E-state index in [1.165, 1.54) is 11.6 Å². The van der Waals surface area contributed by atoms with E-state index in [9.17, 15) is 4.39 Å². The number of halogens is 1. The monoisotopic (exact) mass is 138 g/mol. The zero-order chi connectivity index (χ0) is 7.56. The molecule has 0 saturated carbocycles. The van der Waals surface area contributed by atoms with Gasteiger partial charge in [-0.05, 0) is 36.6 Å². The Labute approximate surface area is 60.7 Å². The molecule has 0 bridgehead atoms. The minimum atomic E-state index is -0.137. The van der Waals surface area contributed by atoms with Crippen molar-refractivity contribution < 1.29 is 4.39 Å². The van der Waals surface area contributed by atoms with Crippen molar-refractivity contribution in [1.82, 2.24) is 0 Å². The molecule has 1 aromatic rings. The lowest BCUT2D eigenvalue weighted by Crippen LogP contribution is -1.86. The maximum atomic E-state index is 12.5. The molecule has 0 radical (unpaired) electrons. The van der Waals surface area contributed by atoms with Gasteiger partial charge in [-0.1, -0.05) is 13.0 Å². The summed E-state index contributed by atoms with van der Waals surface area (Å²) in [7, 11) is 0. The second-order valence-corrected chi connectivity index (χ2v) is 2.42. The van der Waals surface area contributed by atoms with Crippen LogP contribution in [0.3, 0.4) is 0 Å². The fraction of sp³-hybridized carbons (Fsp3) is 0.333. The smallest absolute Gasteiger partial charge is 0.123 e. The van der Waals surface area contributed by atoms with E-state index in [-0.39, 0.29) is 5.82 Å². The first kappa shape index (κ1) is 7.26. The first-order chi connectivity index (χ1) is 4.74. The summed E-state index contributed by atoms with van der Waals surface area (Å²) in [6.45, 7) is 4.03. The molecule has 0 atom stereocenters. The molecule has 0 aliphatic heterocycles. The van der Waals surface area contributed by atoms with Crippen LogP contribution in [0.25, 0.3) is 0 Å². The van der Waals surface area contributed by atoms with Gasteiger partial charge in [0.25, 0.3) is 0 Å². The molecule has 10 heavy (non-hydrogen) atoms. The number of hydrogen-bond acceptors (Lipinski definition) is 0. The van der Waals surface area contributed by atoms with Gasteiger partial charge >= 0.3 is 0 Å². The van der Waals surface area contributed by atoms with Gasteiger partial charge < -0.3 is 0 Å². The molecule has 1 heteroatoms. The lowest BCUT2D eigenvalue weighted by atomic mass is 10.1. The summed E-state index contributed by atoms with van der Waals surface area (Å²) in [6, 6.07) is 4.90. The molecule has 0 aliphatic carbocycles. The fourth-order valence-corrected chi connectivity index (χ4v) is 1.02. The van der Waals surface area contributed by atoms with Gasteiger partial charge in [0, 0.05) is 0 Å². The molecule has 0 amide bonds. The zero-order valence-corrected chi connectivity index (χ0v) is 6.32. The van der Waals surface area contributed by atoms with Gasteiger partial charge in [-0.2, -0.15) is 0 Å². The minimum absolute atomic E-state index is 0.137. The van der Waals surface area contributed by atoms with Crippen LogP contribution >= 0.6 is 0 Å². The van der Waals surface area contributed by atoms with Crippen molar-refractivity contribution in [3.8, 4) is 0 Å². The zero-order valence-electron chi connectivity index (χ0n) is 6.32. The summed E-state index contributed by atoms with van der Waals surface area (Å²) < 4.78 is 12.5. The second-order valence-electron chi connectivity index (χ2n) is 2.42. The Bertz CT molecular complexity index is 228. The topological polar surface area (TPSA) is 0 Å². The first-order valence-electron chi connectivity index (χ1n) is 3.49. The Hall–Kier alpha value is -0.850. The molecule has 0 heterocycles. The Morgan fingerprint density at radius 3 is 2.60 bits per heavy atom. The van der Waals surface area contributed by atoms with Crippen molar-refractivity contribution in [3.05, 3.63) is 35.1 Å². The van der Waals surface area contributed by atoms with Crippen molar-refractivity contribution in [1.29, 1.82) is 0 Å². The van der Waals surface area contributed by atoms with Crippen molar-refractivity contribution in [3.63, 3.8) is 0 Å². The standard InChI is InChI=1S/C9H11F/c1-3-8-6-9(10)5-4-7(8)2/h4-6H,3H2,1-2H3. The maximum absolute atomic E-state index is 12.5. The van der Waals surface area contributed by atoms with E-state index in [1.807, 2.05) is 19.9 Å². The van der Waals surface area contributed by atoms with E-state index in [1.54, 1.807) is 6.07 Å². The Balaban J connectivity index is 3.09. The second kappa shape index (κ2) is 2.82. The van der Waals surface area contributed by atoms with E-state index in [2.05, 4.69) is 0 Å². The number of aryl methyl sites for hydroxylation is 2. The van der Waals surface area contributed by atoms with Crippen molar-refractivity contribution in [2.24, 2.45) is 0 Å². The van der Waals surface area contributed by atoms with E-state index in [4.69, 9.17) is 0 Å². The van der Waals surface area contributed by atoms with Crippen molar-refractivity contribution in [2.45, 2.75) is 20.3 Å². The van der Waals surface area contributed by atoms with Crippen LogP contribution in [0, 0.1) is 12.7 Å². The van der Waals surface area contributed by atoms with Gasteiger partial charge in [0.05, 0.1) is 0 Å². The van der Waals surface area contributed by atoms with Crippen LogP contribution in [0.5, 0.6) is 0 Å². The Morgan fingerprint density at radius 2 is 2.10 bits per heavy atom. The largest absolute Gasteiger partial charge is 0.207 e. The highest BCUT2D eigenvalue weighted by Crippen LogP contribution is 2.09. The van der Waals surface area contributed by atoms with Crippen molar-refractivity contribution >= 4 is 0 Å². The summed E-state index contributed by atoms with van der Waals surface area (Å²) in [5.74, 6) is -0.137. The summed E-state index contributed by atoms with van der Waals surface area (Å²) in [5.41, 5.74) is 2.27. The van der Waals surface area contributed by atoms with Gasteiger partial charge in [-0.3, -0.25) is 0 Å². The summed E-state index contributed by atoms with van der Waals surface area (Å²) >= 11 is 0. The highest BCUT2D eigenvalue weighted by molar-refractivity contribution is 5.26. The average Bonchev–Trinajstić information content (AvgIpc) is 1.94. The van der Waals surface area contributed by atoms with Crippen LogP contribution in [0.4, 0.5) is 4.39 Å². The molecule has 54 valence electrons. The molecule has 0 spiro atoms. The molecule has 0 fully saturated rings. The van der Waals surface area contributed by atoms with E-state index in [0.717, 1.165) is 12.0 Å². The summed E-state index contributed by atoms with van der Waals surface area (Å²) in [4.78, 5) is 0. The van der Waals surface area contributed by atoms with Crippen molar-refractivity contribution in [2.75, 3.05) is 0 Å². The molecule has 0 nitrogen and oxygen atoms in total. The van der Waals surface area contributed by atoms with Crippen LogP contribution in [0.1, 0.15) is 18.1 Å². The fourth-order valence-electron chi connectivity index (χ4n) is 1.02. The number of hydrogen-bond donors (Lipinski definition) is 0. The lowest BCUT2D eigenvalue weighted by Gasteiger charge is -2.00. The SMILES string of the molecule is CCc1cc(F)ccc1C. The predicted octanol–water partition coefficient (Wildman–Crippen LogP) is 2.70. The van der Waals surface area contributed by atoms with Crippen LogP contribution in [-0.4, -0.2) is 0 Å². The molecular weight excluding hydrogens is 127 g/mol. The van der Waals surface area contributed by atoms with Gasteiger partial charge in [-0.15, -0.1) is 0 Å². The third-order valence-electron chi connectivity index (χ3n) is 1.69. The third-order valence-corrected chi connectivity index (χ3v) is 1.69. The first-order valence-corrected chi connectivity index (χ1v) is 3.49. The van der Waals surface area contributed by atoms with E-state index in [0.29, 0.717) is 0 Å². The molecule has 0 unspecified atom stereocenters. The van der Waals surface area contributed by atoms with Crippen LogP contribution in [-0.2, 0) is 6.42 Å². The average molecular weight is 138 g/mol. The van der Waals surface area contributed by atoms with E-state index < -0.39 is 0 Å². The van der Waals surface area contributed by atoms with Gasteiger partial charge in [0.1, 0.15) is 5.82 Å². The van der Waals surface area contributed by atoms with E-state index >= 15 is 0 Å². The summed E-state index contributed by atoms with van der Waals surface area (Å²) in [6.07, 6.45) is 0.906. The summed E-state index contributed by atoms with van der Waals surface area (Å²) in [5, 5.41) is 0. The maximum Gasteiger partial charge on any atom is 0.123 e. The van der Waals surface area contributed by atoms with Gasteiger partial charge in [0.15, 0.2) is 0 Å². The Kier molecular flexibility index (Phi) is 2.05. The Morgan fingerprint density at radius 1 is 1.40 bits per heavy atom. The molecule has 1 aromatic carbocycles. The van der Waals surface area contributed by atoms with Gasteiger partial charge in [-0.25, -0.2) is 4.39 Å².